The molecule has 2 aromatic rings. The number of rotatable bonds is 7. The molecule has 0 aliphatic carbocycles. The van der Waals surface area contributed by atoms with E-state index in [9.17, 15) is 14.2 Å². The van der Waals surface area contributed by atoms with E-state index in [2.05, 4.69) is 4.99 Å². The van der Waals surface area contributed by atoms with Crippen molar-refractivity contribution in [1.82, 2.24) is 0 Å². The third kappa shape index (κ3) is 4.55. The molecular formula is C19H19NO4P+. The largest absolute Gasteiger partial charge is 0.549 e. The summed E-state index contributed by atoms with van der Waals surface area (Å²) in [6.07, 6.45) is 1.40. The van der Waals surface area contributed by atoms with Gasteiger partial charge in [-0.05, 0) is 48.6 Å². The van der Waals surface area contributed by atoms with Crippen LogP contribution in [0.2, 0.25) is 0 Å². The average molecular weight is 356 g/mol. The molecule has 0 amide bonds. The number of hydrogen-bond acceptors (Lipinski definition) is 5. The van der Waals surface area contributed by atoms with E-state index < -0.39 is 8.03 Å². The predicted octanol–water partition coefficient (Wildman–Crippen LogP) is 3.56. The minimum absolute atomic E-state index is 0.0234. The van der Waals surface area contributed by atoms with Crippen LogP contribution in [0.3, 0.4) is 0 Å². The molecule has 0 aromatic heterocycles. The lowest BCUT2D eigenvalue weighted by Gasteiger charge is -2.10. The van der Waals surface area contributed by atoms with Crippen molar-refractivity contribution in [3.63, 3.8) is 0 Å². The van der Waals surface area contributed by atoms with E-state index in [0.717, 1.165) is 16.7 Å². The van der Waals surface area contributed by atoms with Gasteiger partial charge in [-0.15, -0.1) is 4.52 Å². The molecule has 0 saturated heterocycles. The summed E-state index contributed by atoms with van der Waals surface area (Å²) in [6, 6.07) is 10.6. The molecule has 5 nitrogen and oxygen atoms in total. The van der Waals surface area contributed by atoms with Gasteiger partial charge in [0.15, 0.2) is 5.78 Å². The van der Waals surface area contributed by atoms with Crippen molar-refractivity contribution in [3.05, 3.63) is 64.2 Å². The smallest absolute Gasteiger partial charge is 0.288 e. The van der Waals surface area contributed by atoms with Crippen molar-refractivity contribution < 1.29 is 18.7 Å². The van der Waals surface area contributed by atoms with Gasteiger partial charge >= 0.3 is 8.03 Å². The summed E-state index contributed by atoms with van der Waals surface area (Å²) in [5.74, 6) is -0.177. The van der Waals surface area contributed by atoms with Gasteiger partial charge in [0.25, 0.3) is 0 Å². The maximum atomic E-state index is 13.0. The van der Waals surface area contributed by atoms with Crippen LogP contribution in [-0.2, 0) is 13.9 Å². The lowest BCUT2D eigenvalue weighted by atomic mass is 9.93. The third-order valence-corrected chi connectivity index (χ3v) is 4.93. The first-order valence-electron chi connectivity index (χ1n) is 7.81. The van der Waals surface area contributed by atoms with Gasteiger partial charge < -0.3 is 0 Å². The first-order chi connectivity index (χ1) is 12.0. The monoisotopic (exact) mass is 356 g/mol. The van der Waals surface area contributed by atoms with Crippen LogP contribution in [0.15, 0.2) is 41.4 Å². The molecular weight excluding hydrogens is 337 g/mol. The first kappa shape index (κ1) is 18.9. The zero-order valence-electron chi connectivity index (χ0n) is 14.4. The minimum atomic E-state index is -2.22. The molecule has 0 heterocycles. The van der Waals surface area contributed by atoms with Crippen LogP contribution in [0.1, 0.15) is 32.6 Å². The van der Waals surface area contributed by atoms with Gasteiger partial charge in [-0.25, -0.2) is 9.79 Å². The van der Waals surface area contributed by atoms with E-state index in [0.29, 0.717) is 16.4 Å². The van der Waals surface area contributed by atoms with Gasteiger partial charge in [0.1, 0.15) is 6.61 Å². The van der Waals surface area contributed by atoms with Gasteiger partial charge in [-0.2, -0.15) is 0 Å². The Labute approximate surface area is 147 Å². The topological polar surface area (TPSA) is 72.8 Å². The number of aryl methyl sites for hydroxylation is 3. The summed E-state index contributed by atoms with van der Waals surface area (Å²) in [5, 5.41) is 0.344. The normalized spacial score (nSPS) is 10.9. The summed E-state index contributed by atoms with van der Waals surface area (Å²) in [4.78, 5) is 26.4. The van der Waals surface area contributed by atoms with E-state index in [4.69, 9.17) is 4.52 Å². The van der Waals surface area contributed by atoms with E-state index in [1.165, 1.54) is 6.08 Å². The van der Waals surface area contributed by atoms with Crippen molar-refractivity contribution in [3.8, 4) is 0 Å². The Balaban J connectivity index is 2.36. The third-order valence-electron chi connectivity index (χ3n) is 3.73. The van der Waals surface area contributed by atoms with Crippen LogP contribution in [0, 0.1) is 20.8 Å². The summed E-state index contributed by atoms with van der Waals surface area (Å²) >= 11 is 0. The second-order valence-corrected chi connectivity index (χ2v) is 6.94. The molecule has 1 atom stereocenters. The maximum absolute atomic E-state index is 13.0. The maximum Gasteiger partial charge on any atom is 0.549 e. The summed E-state index contributed by atoms with van der Waals surface area (Å²) < 4.78 is 17.6. The lowest BCUT2D eigenvalue weighted by molar-refractivity contribution is 0.103. The van der Waals surface area contributed by atoms with Gasteiger partial charge in [-0.1, -0.05) is 29.8 Å². The highest BCUT2D eigenvalue weighted by Crippen LogP contribution is 2.26. The number of carbonyl (C=O) groups is 1. The van der Waals surface area contributed by atoms with Crippen LogP contribution < -0.4 is 5.30 Å². The van der Waals surface area contributed by atoms with Crippen LogP contribution in [-0.4, -0.2) is 25.0 Å². The van der Waals surface area contributed by atoms with Gasteiger partial charge in [0.05, 0.1) is 12.1 Å². The van der Waals surface area contributed by atoms with Crippen molar-refractivity contribution in [2.75, 3.05) is 13.2 Å². The number of hydrogen-bond donors (Lipinski definition) is 0. The molecule has 0 N–H and O–H groups in total. The standard InChI is InChI=1S/C19H19NO4P/c1-13-10-14(2)18(15(3)11-13)19(22)16-6-4-5-7-17(16)25(23)24-9-8-20-12-21/h4-7,10-11H,8-9H2,1-3H3/q+1. The van der Waals surface area contributed by atoms with E-state index in [1.807, 2.05) is 32.9 Å². The van der Waals surface area contributed by atoms with Gasteiger partial charge in [0.2, 0.25) is 11.4 Å². The lowest BCUT2D eigenvalue weighted by Crippen LogP contribution is -2.16. The zero-order valence-corrected chi connectivity index (χ0v) is 15.3. The van der Waals surface area contributed by atoms with Gasteiger partial charge in [0, 0.05) is 5.56 Å². The molecule has 0 aliphatic heterocycles. The van der Waals surface area contributed by atoms with Crippen LogP contribution in [0.25, 0.3) is 0 Å². The van der Waals surface area contributed by atoms with E-state index in [1.54, 1.807) is 24.3 Å². The minimum Gasteiger partial charge on any atom is -0.288 e. The predicted molar refractivity (Wildman–Crippen MR) is 96.7 cm³/mol. The van der Waals surface area contributed by atoms with Crippen molar-refractivity contribution in [2.24, 2.45) is 4.99 Å². The van der Waals surface area contributed by atoms with Crippen molar-refractivity contribution in [1.29, 1.82) is 0 Å². The number of nitrogens with zero attached hydrogens (tertiary/aromatic N) is 1. The number of aliphatic imine (C=N–C) groups is 1. The number of benzene rings is 2. The fourth-order valence-electron chi connectivity index (χ4n) is 2.78. The van der Waals surface area contributed by atoms with Crippen LogP contribution in [0.5, 0.6) is 0 Å². The Hall–Kier alpha value is -2.45. The average Bonchev–Trinajstić information content (AvgIpc) is 2.57. The molecule has 0 spiro atoms. The highest BCUT2D eigenvalue weighted by atomic mass is 31.1. The Morgan fingerprint density at radius 1 is 1.16 bits per heavy atom. The number of carbonyl (C=O) groups excluding carboxylic acids is 2. The Bertz CT molecular complexity index is 846. The fraction of sp³-hybridized carbons (Fsp3) is 0.263. The van der Waals surface area contributed by atoms with Crippen molar-refractivity contribution in [2.45, 2.75) is 20.8 Å². The summed E-state index contributed by atoms with van der Waals surface area (Å²) in [6.45, 7) is 5.87. The molecule has 2 aromatic carbocycles. The van der Waals surface area contributed by atoms with Crippen LogP contribution in [0.4, 0.5) is 0 Å². The Kier molecular flexibility index (Phi) is 6.49. The van der Waals surface area contributed by atoms with Gasteiger partial charge in [-0.3, -0.25) is 4.79 Å². The quantitative estimate of drug-likeness (QED) is 0.250. The second kappa shape index (κ2) is 8.59. The Morgan fingerprint density at radius 2 is 1.80 bits per heavy atom. The molecule has 6 heteroatoms. The summed E-state index contributed by atoms with van der Waals surface area (Å²) in [5.41, 5.74) is 3.83. The number of isocyanates is 1. The molecule has 0 fully saturated rings. The van der Waals surface area contributed by atoms with Crippen LogP contribution >= 0.6 is 8.03 Å². The SMILES string of the molecule is Cc1cc(C)c(C(=O)c2ccccc2[P+](=O)OCCN=C=O)c(C)c1. The highest BCUT2D eigenvalue weighted by Gasteiger charge is 2.30. The number of ketones is 1. The van der Waals surface area contributed by atoms with E-state index >= 15 is 0 Å². The molecule has 128 valence electrons. The molecule has 0 saturated carbocycles. The fourth-order valence-corrected chi connectivity index (χ4v) is 3.75. The first-order valence-corrected chi connectivity index (χ1v) is 8.99. The summed E-state index contributed by atoms with van der Waals surface area (Å²) in [7, 11) is -2.22. The Morgan fingerprint density at radius 3 is 2.44 bits per heavy atom. The van der Waals surface area contributed by atoms with E-state index in [-0.39, 0.29) is 18.9 Å². The molecule has 0 aliphatic rings. The second-order valence-electron chi connectivity index (χ2n) is 5.68. The molecule has 1 unspecified atom stereocenters. The molecule has 0 radical (unpaired) electrons. The molecule has 0 bridgehead atoms. The molecule has 25 heavy (non-hydrogen) atoms. The zero-order chi connectivity index (χ0) is 18.4. The van der Waals surface area contributed by atoms with Crippen molar-refractivity contribution >= 4 is 25.2 Å². The highest BCUT2D eigenvalue weighted by molar-refractivity contribution is 7.48. The molecule has 2 rings (SSSR count).